The summed E-state index contributed by atoms with van der Waals surface area (Å²) in [7, 11) is 0. The third kappa shape index (κ3) is 3.74. The zero-order valence-corrected chi connectivity index (χ0v) is 12.5. The van der Waals surface area contributed by atoms with Crippen LogP contribution in [0.15, 0.2) is 23.0 Å². The molecule has 0 unspecified atom stereocenters. The van der Waals surface area contributed by atoms with Crippen LogP contribution >= 0.6 is 11.3 Å². The molecule has 0 saturated carbocycles. The van der Waals surface area contributed by atoms with Gasteiger partial charge >= 0.3 is 0 Å². The Morgan fingerprint density at radius 2 is 2.25 bits per heavy atom. The third-order valence-corrected chi connectivity index (χ3v) is 3.36. The van der Waals surface area contributed by atoms with Crippen molar-refractivity contribution in [2.75, 3.05) is 11.1 Å². The number of aromatic nitrogens is 1. The highest BCUT2D eigenvalue weighted by molar-refractivity contribution is 7.18. The first-order valence-corrected chi connectivity index (χ1v) is 7.00. The zero-order chi connectivity index (χ0) is 14.8. The quantitative estimate of drug-likeness (QED) is 0.805. The summed E-state index contributed by atoms with van der Waals surface area (Å²) in [5, 5.41) is 6.62. The summed E-state index contributed by atoms with van der Waals surface area (Å²) in [5.41, 5.74) is 6.56. The largest absolute Gasteiger partial charge is 0.472 e. The molecule has 0 aromatic carbocycles. The lowest BCUT2D eigenvalue weighted by Crippen LogP contribution is -2.25. The van der Waals surface area contributed by atoms with E-state index in [0.717, 1.165) is 5.56 Å². The molecule has 0 atom stereocenters. The van der Waals surface area contributed by atoms with E-state index in [1.165, 1.54) is 11.3 Å². The Labute approximate surface area is 121 Å². The fraction of sp³-hybridized carbons (Fsp3) is 0.385. The number of anilines is 2. The van der Waals surface area contributed by atoms with Crippen molar-refractivity contribution in [3.63, 3.8) is 0 Å². The van der Waals surface area contributed by atoms with Crippen LogP contribution in [0.2, 0.25) is 0 Å². The second-order valence-electron chi connectivity index (χ2n) is 5.42. The van der Waals surface area contributed by atoms with Crippen molar-refractivity contribution in [2.24, 2.45) is 0 Å². The van der Waals surface area contributed by atoms with Crippen molar-refractivity contribution >= 4 is 28.2 Å². The number of nitrogens with zero attached hydrogens (tertiary/aromatic N) is 1. The molecule has 0 aliphatic heterocycles. The van der Waals surface area contributed by atoms with E-state index in [1.54, 1.807) is 18.6 Å². The van der Waals surface area contributed by atoms with E-state index in [2.05, 4.69) is 15.6 Å². The Bertz CT molecular complexity index is 584. The molecule has 0 aliphatic rings. The molecule has 2 aromatic heterocycles. The van der Waals surface area contributed by atoms with Gasteiger partial charge in [-0.25, -0.2) is 4.98 Å². The molecule has 0 spiro atoms. The first-order chi connectivity index (χ1) is 9.35. The Hall–Kier alpha value is -2.02. The lowest BCUT2D eigenvalue weighted by atomic mass is 10.1. The highest BCUT2D eigenvalue weighted by Gasteiger charge is 2.19. The summed E-state index contributed by atoms with van der Waals surface area (Å²) in [4.78, 5) is 16.6. The Morgan fingerprint density at radius 1 is 1.50 bits per heavy atom. The summed E-state index contributed by atoms with van der Waals surface area (Å²) in [5.74, 6) is 0.00889. The normalized spacial score (nSPS) is 11.3. The van der Waals surface area contributed by atoms with Crippen LogP contribution in [0.25, 0.3) is 0 Å². The van der Waals surface area contributed by atoms with Gasteiger partial charge in [0.2, 0.25) is 0 Å². The predicted octanol–water partition coefficient (Wildman–Crippen LogP) is 2.46. The van der Waals surface area contributed by atoms with E-state index in [9.17, 15) is 4.79 Å². The second-order valence-corrected chi connectivity index (χ2v) is 6.42. The maximum atomic E-state index is 12.1. The average molecular weight is 294 g/mol. The molecule has 20 heavy (non-hydrogen) atoms. The van der Waals surface area contributed by atoms with Crippen molar-refractivity contribution in [3.8, 4) is 0 Å². The number of thiazole rings is 1. The van der Waals surface area contributed by atoms with Crippen LogP contribution in [-0.4, -0.2) is 16.4 Å². The van der Waals surface area contributed by atoms with Crippen molar-refractivity contribution in [3.05, 3.63) is 29.0 Å². The highest BCUT2D eigenvalue weighted by Crippen LogP contribution is 2.27. The molecular formula is C13H18N4O2S. The monoisotopic (exact) mass is 294 g/mol. The molecular weight excluding hydrogens is 276 g/mol. The Kier molecular flexibility index (Phi) is 3.99. The molecule has 2 heterocycles. The fourth-order valence-corrected chi connectivity index (χ4v) is 2.53. The molecule has 108 valence electrons. The molecule has 2 rings (SSSR count). The molecule has 7 heteroatoms. The minimum absolute atomic E-state index is 0.130. The number of rotatable bonds is 4. The summed E-state index contributed by atoms with van der Waals surface area (Å²) in [6.07, 6.45) is 3.15. The number of nitrogen functional groups attached to an aromatic ring is 1. The van der Waals surface area contributed by atoms with E-state index in [-0.39, 0.29) is 17.3 Å². The van der Waals surface area contributed by atoms with Gasteiger partial charge in [-0.2, -0.15) is 0 Å². The molecule has 0 fully saturated rings. The minimum Gasteiger partial charge on any atom is -0.472 e. The van der Waals surface area contributed by atoms with Crippen LogP contribution in [-0.2, 0) is 6.54 Å². The topological polar surface area (TPSA) is 93.2 Å². The van der Waals surface area contributed by atoms with Gasteiger partial charge in [0.15, 0.2) is 5.13 Å². The predicted molar refractivity (Wildman–Crippen MR) is 79.8 cm³/mol. The van der Waals surface area contributed by atoms with E-state index in [0.29, 0.717) is 16.6 Å². The number of amides is 1. The van der Waals surface area contributed by atoms with Crippen molar-refractivity contribution in [2.45, 2.75) is 32.9 Å². The molecule has 2 aromatic rings. The second kappa shape index (κ2) is 5.54. The molecule has 0 aliphatic carbocycles. The van der Waals surface area contributed by atoms with Crippen LogP contribution in [0.5, 0.6) is 0 Å². The SMILES string of the molecule is CC(C)(C)Nc1nc(N)c(C(=O)NCc2ccoc2)s1. The number of nitrogens with two attached hydrogens (primary N) is 1. The van der Waals surface area contributed by atoms with Crippen LogP contribution in [0, 0.1) is 0 Å². The zero-order valence-electron chi connectivity index (χ0n) is 11.7. The number of nitrogens with one attached hydrogen (secondary N) is 2. The maximum absolute atomic E-state index is 12.1. The smallest absolute Gasteiger partial charge is 0.265 e. The fourth-order valence-electron chi connectivity index (χ4n) is 1.52. The number of carbonyl (C=O) groups is 1. The van der Waals surface area contributed by atoms with E-state index in [4.69, 9.17) is 10.2 Å². The van der Waals surface area contributed by atoms with Crippen LogP contribution < -0.4 is 16.4 Å². The minimum atomic E-state index is -0.233. The summed E-state index contributed by atoms with van der Waals surface area (Å²) < 4.78 is 4.94. The summed E-state index contributed by atoms with van der Waals surface area (Å²) in [6.45, 7) is 6.45. The van der Waals surface area contributed by atoms with Gasteiger partial charge in [-0.05, 0) is 26.8 Å². The average Bonchev–Trinajstić information content (AvgIpc) is 2.93. The number of furan rings is 1. The van der Waals surface area contributed by atoms with Gasteiger partial charge in [0, 0.05) is 17.6 Å². The lowest BCUT2D eigenvalue weighted by molar-refractivity contribution is 0.0955. The van der Waals surface area contributed by atoms with Crippen molar-refractivity contribution in [1.29, 1.82) is 0 Å². The van der Waals surface area contributed by atoms with Gasteiger partial charge in [-0.3, -0.25) is 4.79 Å². The molecule has 6 nitrogen and oxygen atoms in total. The standard InChI is InChI=1S/C13H18N4O2S/c1-13(2,3)17-12-16-10(14)9(20-12)11(18)15-6-8-4-5-19-7-8/h4-5,7H,6,14H2,1-3H3,(H,15,18)(H,16,17). The van der Waals surface area contributed by atoms with Gasteiger partial charge in [0.25, 0.3) is 5.91 Å². The van der Waals surface area contributed by atoms with Crippen LogP contribution in [0.4, 0.5) is 10.9 Å². The number of hydrogen-bond donors (Lipinski definition) is 3. The number of carbonyl (C=O) groups excluding carboxylic acids is 1. The molecule has 0 saturated heterocycles. The van der Waals surface area contributed by atoms with E-state index >= 15 is 0 Å². The van der Waals surface area contributed by atoms with Gasteiger partial charge in [-0.1, -0.05) is 11.3 Å². The van der Waals surface area contributed by atoms with Crippen LogP contribution in [0.3, 0.4) is 0 Å². The number of hydrogen-bond acceptors (Lipinski definition) is 6. The van der Waals surface area contributed by atoms with E-state index in [1.807, 2.05) is 20.8 Å². The molecule has 0 bridgehead atoms. The highest BCUT2D eigenvalue weighted by atomic mass is 32.1. The third-order valence-electron chi connectivity index (χ3n) is 2.37. The first kappa shape index (κ1) is 14.4. The first-order valence-electron chi connectivity index (χ1n) is 6.19. The summed E-state index contributed by atoms with van der Waals surface area (Å²) >= 11 is 1.25. The molecule has 4 N–H and O–H groups in total. The lowest BCUT2D eigenvalue weighted by Gasteiger charge is -2.19. The molecule has 0 radical (unpaired) electrons. The van der Waals surface area contributed by atoms with Gasteiger partial charge < -0.3 is 20.8 Å². The van der Waals surface area contributed by atoms with Gasteiger partial charge in [0.05, 0.1) is 12.5 Å². The molecule has 1 amide bonds. The Morgan fingerprint density at radius 3 is 2.85 bits per heavy atom. The van der Waals surface area contributed by atoms with E-state index < -0.39 is 0 Å². The van der Waals surface area contributed by atoms with Crippen molar-refractivity contribution < 1.29 is 9.21 Å². The maximum Gasteiger partial charge on any atom is 0.265 e. The van der Waals surface area contributed by atoms with Crippen LogP contribution in [0.1, 0.15) is 36.0 Å². The summed E-state index contributed by atoms with van der Waals surface area (Å²) in [6, 6.07) is 1.79. The van der Waals surface area contributed by atoms with Gasteiger partial charge in [0.1, 0.15) is 10.7 Å². The Balaban J connectivity index is 2.02. The van der Waals surface area contributed by atoms with Crippen molar-refractivity contribution in [1.82, 2.24) is 10.3 Å². The van der Waals surface area contributed by atoms with Gasteiger partial charge in [-0.15, -0.1) is 0 Å².